The maximum atomic E-state index is 11.8. The molecule has 0 amide bonds. The van der Waals surface area contributed by atoms with E-state index in [1.54, 1.807) is 13.8 Å². The summed E-state index contributed by atoms with van der Waals surface area (Å²) in [6.07, 6.45) is -4.10. The number of aromatic nitrogens is 2. The molecule has 0 unspecified atom stereocenters. The monoisotopic (exact) mass is 268 g/mol. The Kier molecular flexibility index (Phi) is 4.70. The van der Waals surface area contributed by atoms with Gasteiger partial charge >= 0.3 is 6.18 Å². The van der Waals surface area contributed by atoms with E-state index < -0.39 is 12.8 Å². The largest absolute Gasteiger partial charge is 0.411 e. The van der Waals surface area contributed by atoms with Crippen LogP contribution in [0.1, 0.15) is 17.1 Å². The molecule has 7 heteroatoms. The Morgan fingerprint density at radius 2 is 1.88 bits per heavy atom. The van der Waals surface area contributed by atoms with Crippen LogP contribution in [0.25, 0.3) is 0 Å². The topological polar surface area (TPSA) is 35.0 Å². The van der Waals surface area contributed by atoms with Crippen LogP contribution in [0.3, 0.4) is 0 Å². The molecule has 0 aliphatic carbocycles. The molecule has 17 heavy (non-hydrogen) atoms. The van der Waals surface area contributed by atoms with Crippen molar-refractivity contribution in [3.8, 4) is 0 Å². The first kappa shape index (κ1) is 14.2. The number of hydrogen-bond donors (Lipinski definition) is 0. The van der Waals surface area contributed by atoms with Gasteiger partial charge in [-0.25, -0.2) is 9.97 Å². The number of aryl methyl sites for hydroxylation is 1. The van der Waals surface area contributed by atoms with E-state index in [1.165, 1.54) is 0 Å². The van der Waals surface area contributed by atoms with Crippen molar-refractivity contribution in [3.05, 3.63) is 22.2 Å². The molecule has 0 aliphatic heterocycles. The minimum Gasteiger partial charge on any atom is -0.372 e. The third kappa shape index (κ3) is 4.87. The summed E-state index contributed by atoms with van der Waals surface area (Å²) in [7, 11) is 0. The van der Waals surface area contributed by atoms with Gasteiger partial charge in [-0.05, 0) is 13.8 Å². The predicted octanol–water partition coefficient (Wildman–Crippen LogP) is 2.87. The Labute approximate surface area is 102 Å². The summed E-state index contributed by atoms with van der Waals surface area (Å²) in [4.78, 5) is 8.07. The normalized spacial score (nSPS) is 11.9. The Morgan fingerprint density at radius 3 is 2.41 bits per heavy atom. The summed E-state index contributed by atoms with van der Waals surface area (Å²) in [6.45, 7) is 2.20. The van der Waals surface area contributed by atoms with Crippen LogP contribution in [0, 0.1) is 13.8 Å². The highest BCUT2D eigenvalue weighted by atomic mass is 35.5. The number of rotatable bonds is 4. The van der Waals surface area contributed by atoms with Gasteiger partial charge in [-0.2, -0.15) is 13.2 Å². The van der Waals surface area contributed by atoms with Gasteiger partial charge in [0.2, 0.25) is 0 Å². The first-order chi connectivity index (χ1) is 7.79. The molecule has 0 fully saturated rings. The van der Waals surface area contributed by atoms with Crippen molar-refractivity contribution in [1.82, 2.24) is 9.97 Å². The highest BCUT2D eigenvalue weighted by Gasteiger charge is 2.27. The summed E-state index contributed by atoms with van der Waals surface area (Å²) in [5.74, 6) is 0.389. The van der Waals surface area contributed by atoms with Gasteiger partial charge in [-0.3, -0.25) is 0 Å². The number of hydrogen-bond acceptors (Lipinski definition) is 3. The fourth-order valence-corrected chi connectivity index (χ4v) is 1.35. The minimum atomic E-state index is -4.30. The number of nitrogens with zero attached hydrogens (tertiary/aromatic N) is 2. The molecule has 3 nitrogen and oxygen atoms in total. The van der Waals surface area contributed by atoms with Crippen molar-refractivity contribution in [1.29, 1.82) is 0 Å². The van der Waals surface area contributed by atoms with Crippen molar-refractivity contribution in [2.75, 3.05) is 13.2 Å². The van der Waals surface area contributed by atoms with Crippen molar-refractivity contribution in [2.45, 2.75) is 26.4 Å². The van der Waals surface area contributed by atoms with Crippen molar-refractivity contribution >= 4 is 11.6 Å². The molecule has 0 bridgehead atoms. The second kappa shape index (κ2) is 5.64. The third-order valence-corrected chi connectivity index (χ3v) is 2.48. The van der Waals surface area contributed by atoms with Gasteiger partial charge in [0.05, 0.1) is 6.61 Å². The lowest BCUT2D eigenvalue weighted by atomic mass is 10.2. The highest BCUT2D eigenvalue weighted by molar-refractivity contribution is 6.30. The van der Waals surface area contributed by atoms with E-state index in [0.29, 0.717) is 11.0 Å². The summed E-state index contributed by atoms with van der Waals surface area (Å²) < 4.78 is 39.8. The molecule has 0 aromatic carbocycles. The van der Waals surface area contributed by atoms with Gasteiger partial charge in [0, 0.05) is 17.7 Å². The second-order valence-corrected chi connectivity index (χ2v) is 3.92. The molecule has 0 aliphatic rings. The molecule has 1 heterocycles. The summed E-state index contributed by atoms with van der Waals surface area (Å²) in [5, 5.41) is 0.323. The van der Waals surface area contributed by atoms with Crippen molar-refractivity contribution in [2.24, 2.45) is 0 Å². The molecule has 0 atom stereocenters. The number of ether oxygens (including phenoxy) is 1. The zero-order valence-corrected chi connectivity index (χ0v) is 10.2. The van der Waals surface area contributed by atoms with Crippen molar-refractivity contribution < 1.29 is 17.9 Å². The third-order valence-electron chi connectivity index (χ3n) is 2.11. The van der Waals surface area contributed by atoms with Gasteiger partial charge in [0.1, 0.15) is 17.6 Å². The van der Waals surface area contributed by atoms with E-state index in [2.05, 4.69) is 14.7 Å². The van der Waals surface area contributed by atoms with Crippen LogP contribution in [0.2, 0.25) is 5.15 Å². The van der Waals surface area contributed by atoms with E-state index in [1.807, 2.05) is 0 Å². The Bertz CT molecular complexity index is 373. The van der Waals surface area contributed by atoms with Crippen molar-refractivity contribution in [3.63, 3.8) is 0 Å². The Hall–Kier alpha value is -0.880. The number of halogens is 4. The first-order valence-corrected chi connectivity index (χ1v) is 5.31. The van der Waals surface area contributed by atoms with Crippen LogP contribution in [-0.4, -0.2) is 29.4 Å². The average Bonchev–Trinajstić information content (AvgIpc) is 2.19. The molecule has 0 N–H and O–H groups in total. The molecule has 0 saturated heterocycles. The van der Waals surface area contributed by atoms with E-state index in [0.717, 1.165) is 11.3 Å². The van der Waals surface area contributed by atoms with Crippen LogP contribution in [-0.2, 0) is 11.2 Å². The molecule has 96 valence electrons. The van der Waals surface area contributed by atoms with Crippen LogP contribution >= 0.6 is 11.6 Å². The van der Waals surface area contributed by atoms with Crippen LogP contribution in [0.5, 0.6) is 0 Å². The standard InChI is InChI=1S/C10H12ClF3N2O/c1-6-7(2)15-8(16-9(6)11)3-4-17-5-10(12,13)14/h3-5H2,1-2H3. The zero-order chi connectivity index (χ0) is 13.1. The van der Waals surface area contributed by atoms with E-state index in [-0.39, 0.29) is 13.0 Å². The molecular weight excluding hydrogens is 257 g/mol. The number of alkyl halides is 3. The van der Waals surface area contributed by atoms with Gasteiger partial charge in [-0.15, -0.1) is 0 Å². The van der Waals surface area contributed by atoms with Gasteiger partial charge in [-0.1, -0.05) is 11.6 Å². The Morgan fingerprint density at radius 1 is 1.24 bits per heavy atom. The van der Waals surface area contributed by atoms with Gasteiger partial charge < -0.3 is 4.74 Å². The average molecular weight is 269 g/mol. The van der Waals surface area contributed by atoms with Gasteiger partial charge in [0.25, 0.3) is 0 Å². The van der Waals surface area contributed by atoms with Crippen LogP contribution in [0.15, 0.2) is 0 Å². The quantitative estimate of drug-likeness (QED) is 0.622. The lowest BCUT2D eigenvalue weighted by molar-refractivity contribution is -0.173. The van der Waals surface area contributed by atoms with E-state index in [9.17, 15) is 13.2 Å². The maximum Gasteiger partial charge on any atom is 0.411 e. The first-order valence-electron chi connectivity index (χ1n) is 4.93. The maximum absolute atomic E-state index is 11.8. The zero-order valence-electron chi connectivity index (χ0n) is 9.44. The SMILES string of the molecule is Cc1nc(CCOCC(F)(F)F)nc(Cl)c1C. The molecule has 0 saturated carbocycles. The fraction of sp³-hybridized carbons (Fsp3) is 0.600. The van der Waals surface area contributed by atoms with E-state index in [4.69, 9.17) is 11.6 Å². The summed E-state index contributed by atoms with van der Waals surface area (Å²) in [5.41, 5.74) is 1.49. The fourth-order valence-electron chi connectivity index (χ4n) is 1.11. The summed E-state index contributed by atoms with van der Waals surface area (Å²) >= 11 is 5.83. The molecule has 0 spiro atoms. The Balaban J connectivity index is 2.48. The predicted molar refractivity (Wildman–Crippen MR) is 57.1 cm³/mol. The molecular formula is C10H12ClF3N2O. The summed E-state index contributed by atoms with van der Waals surface area (Å²) in [6, 6.07) is 0. The smallest absolute Gasteiger partial charge is 0.372 e. The molecule has 1 aromatic heterocycles. The highest BCUT2D eigenvalue weighted by Crippen LogP contribution is 2.16. The molecule has 0 radical (unpaired) electrons. The lowest BCUT2D eigenvalue weighted by Crippen LogP contribution is -2.18. The minimum absolute atomic E-state index is 0.0850. The second-order valence-electron chi connectivity index (χ2n) is 3.56. The van der Waals surface area contributed by atoms with Gasteiger partial charge in [0.15, 0.2) is 0 Å². The van der Waals surface area contributed by atoms with Crippen LogP contribution < -0.4 is 0 Å². The molecule has 1 aromatic rings. The van der Waals surface area contributed by atoms with Crippen LogP contribution in [0.4, 0.5) is 13.2 Å². The lowest BCUT2D eigenvalue weighted by Gasteiger charge is -2.08. The molecule has 1 rings (SSSR count). The van der Waals surface area contributed by atoms with E-state index >= 15 is 0 Å².